The van der Waals surface area contributed by atoms with Gasteiger partial charge in [0, 0.05) is 31.2 Å². The molecule has 9 heteroatoms. The lowest BCUT2D eigenvalue weighted by atomic mass is 10.1. The zero-order chi connectivity index (χ0) is 17.4. The van der Waals surface area contributed by atoms with Crippen molar-refractivity contribution in [1.29, 1.82) is 0 Å². The minimum Gasteiger partial charge on any atom is -0.213 e. The van der Waals surface area contributed by atoms with E-state index in [0.717, 1.165) is 11.8 Å². The summed E-state index contributed by atoms with van der Waals surface area (Å²) >= 11 is 6.02. The molecule has 1 heterocycles. The average Bonchev–Trinajstić information content (AvgIpc) is 2.48. The maximum Gasteiger partial charge on any atom is 0.243 e. The fraction of sp³-hybridized carbons (Fsp3) is 0.571. The molecule has 1 saturated heterocycles. The number of piperidine rings is 1. The first kappa shape index (κ1) is 18.7. The van der Waals surface area contributed by atoms with Gasteiger partial charge in [-0.15, -0.1) is 0 Å². The molecule has 1 aliphatic rings. The zero-order valence-corrected chi connectivity index (χ0v) is 15.7. The van der Waals surface area contributed by atoms with Crippen molar-refractivity contribution in [3.63, 3.8) is 0 Å². The summed E-state index contributed by atoms with van der Waals surface area (Å²) in [7, 11) is -5.34. The largest absolute Gasteiger partial charge is 0.243 e. The summed E-state index contributed by atoms with van der Waals surface area (Å²) in [5, 5.41) is 0.415. The summed E-state index contributed by atoms with van der Waals surface area (Å²) in [5.41, 5.74) is 0.819. The molecule has 0 unspecified atom stereocenters. The van der Waals surface area contributed by atoms with Crippen molar-refractivity contribution >= 4 is 31.6 Å². The van der Waals surface area contributed by atoms with Gasteiger partial charge in [0.15, 0.2) is 0 Å². The molecule has 0 saturated carbocycles. The van der Waals surface area contributed by atoms with Gasteiger partial charge < -0.3 is 0 Å². The Balaban J connectivity index is 2.14. The fourth-order valence-electron chi connectivity index (χ4n) is 2.60. The number of hydrogen-bond acceptors (Lipinski definition) is 4. The Labute approximate surface area is 143 Å². The van der Waals surface area contributed by atoms with E-state index in [1.54, 1.807) is 12.1 Å². The van der Waals surface area contributed by atoms with Crippen molar-refractivity contribution in [3.8, 4) is 0 Å². The monoisotopic (exact) mass is 380 g/mol. The maximum atomic E-state index is 12.7. The summed E-state index contributed by atoms with van der Waals surface area (Å²) < 4.78 is 51.2. The molecule has 0 N–H and O–H groups in total. The summed E-state index contributed by atoms with van der Waals surface area (Å²) in [4.78, 5) is 0.169. The van der Waals surface area contributed by atoms with Crippen molar-refractivity contribution in [2.24, 2.45) is 0 Å². The standard InChI is InChI=1S/C14H21ClN2O4S2/c1-11-4-5-13(10-14(11)15)23(20,21)17-8-6-12(7-9-17)16(2)22(3,18)19/h4-5,10,12H,6-9H2,1-3H3. The molecule has 0 aliphatic carbocycles. The van der Waals surface area contributed by atoms with Crippen LogP contribution in [0.15, 0.2) is 23.1 Å². The van der Waals surface area contributed by atoms with Crippen LogP contribution in [0, 0.1) is 6.92 Å². The van der Waals surface area contributed by atoms with Crippen LogP contribution in [-0.4, -0.2) is 57.9 Å². The van der Waals surface area contributed by atoms with Gasteiger partial charge in [-0.05, 0) is 37.5 Å². The molecule has 0 amide bonds. The van der Waals surface area contributed by atoms with Crippen LogP contribution in [0.5, 0.6) is 0 Å². The van der Waals surface area contributed by atoms with Crippen LogP contribution in [0.1, 0.15) is 18.4 Å². The van der Waals surface area contributed by atoms with Crippen molar-refractivity contribution in [1.82, 2.24) is 8.61 Å². The topological polar surface area (TPSA) is 74.8 Å². The van der Waals surface area contributed by atoms with E-state index in [9.17, 15) is 16.8 Å². The number of nitrogens with zero attached hydrogens (tertiary/aromatic N) is 2. The van der Waals surface area contributed by atoms with Gasteiger partial charge in [0.05, 0.1) is 11.2 Å². The van der Waals surface area contributed by atoms with Gasteiger partial charge >= 0.3 is 0 Å². The molecular weight excluding hydrogens is 360 g/mol. The second-order valence-corrected chi connectivity index (χ2v) is 10.2. The first-order valence-corrected chi connectivity index (χ1v) is 10.9. The lowest BCUT2D eigenvalue weighted by molar-refractivity contribution is 0.239. The Morgan fingerprint density at radius 1 is 1.17 bits per heavy atom. The first-order chi connectivity index (χ1) is 10.5. The molecule has 1 aromatic rings. The number of aryl methyl sites for hydroxylation is 1. The van der Waals surface area contributed by atoms with Crippen LogP contribution >= 0.6 is 11.6 Å². The van der Waals surface area contributed by atoms with Crippen molar-refractivity contribution in [2.45, 2.75) is 30.7 Å². The normalized spacial score (nSPS) is 18.5. The van der Waals surface area contributed by atoms with Gasteiger partial charge in [0.25, 0.3) is 0 Å². The quantitative estimate of drug-likeness (QED) is 0.796. The lowest BCUT2D eigenvalue weighted by Crippen LogP contribution is -2.46. The average molecular weight is 381 g/mol. The molecule has 23 heavy (non-hydrogen) atoms. The van der Waals surface area contributed by atoms with Crippen LogP contribution in [0.3, 0.4) is 0 Å². The van der Waals surface area contributed by atoms with Gasteiger partial charge in [-0.1, -0.05) is 17.7 Å². The van der Waals surface area contributed by atoms with Crippen LogP contribution in [-0.2, 0) is 20.0 Å². The van der Waals surface area contributed by atoms with E-state index in [1.165, 1.54) is 21.7 Å². The summed E-state index contributed by atoms with van der Waals surface area (Å²) in [6, 6.07) is 4.52. The minimum atomic E-state index is -3.60. The Morgan fingerprint density at radius 2 is 1.74 bits per heavy atom. The molecule has 0 spiro atoms. The molecule has 1 aliphatic heterocycles. The van der Waals surface area contributed by atoms with E-state index < -0.39 is 20.0 Å². The van der Waals surface area contributed by atoms with E-state index in [0.29, 0.717) is 31.0 Å². The second kappa shape index (κ2) is 6.68. The van der Waals surface area contributed by atoms with E-state index >= 15 is 0 Å². The smallest absolute Gasteiger partial charge is 0.213 e. The van der Waals surface area contributed by atoms with Gasteiger partial charge in [-0.3, -0.25) is 0 Å². The maximum absolute atomic E-state index is 12.7. The highest BCUT2D eigenvalue weighted by Crippen LogP contribution is 2.26. The van der Waals surface area contributed by atoms with E-state index in [2.05, 4.69) is 0 Å². The van der Waals surface area contributed by atoms with Gasteiger partial charge in [0.1, 0.15) is 0 Å². The minimum absolute atomic E-state index is 0.168. The summed E-state index contributed by atoms with van der Waals surface area (Å²) in [5.74, 6) is 0. The van der Waals surface area contributed by atoms with Crippen molar-refractivity contribution < 1.29 is 16.8 Å². The van der Waals surface area contributed by atoms with Crippen molar-refractivity contribution in [3.05, 3.63) is 28.8 Å². The number of hydrogen-bond donors (Lipinski definition) is 0. The molecule has 1 aromatic carbocycles. The van der Waals surface area contributed by atoms with Crippen molar-refractivity contribution in [2.75, 3.05) is 26.4 Å². The van der Waals surface area contributed by atoms with Crippen LogP contribution < -0.4 is 0 Å². The molecule has 130 valence electrons. The second-order valence-electron chi connectivity index (χ2n) is 5.83. The molecule has 2 rings (SSSR count). The van der Waals surface area contributed by atoms with Gasteiger partial charge in [0.2, 0.25) is 20.0 Å². The highest BCUT2D eigenvalue weighted by Gasteiger charge is 2.33. The number of halogens is 1. The Hall–Kier alpha value is -0.670. The molecule has 0 bridgehead atoms. The zero-order valence-electron chi connectivity index (χ0n) is 13.4. The lowest BCUT2D eigenvalue weighted by Gasteiger charge is -2.35. The van der Waals surface area contributed by atoms with Gasteiger partial charge in [-0.2, -0.15) is 4.31 Å². The highest BCUT2D eigenvalue weighted by molar-refractivity contribution is 7.89. The number of sulfonamides is 2. The molecule has 0 atom stereocenters. The van der Waals surface area contributed by atoms with E-state index in [4.69, 9.17) is 11.6 Å². The Morgan fingerprint density at radius 3 is 2.22 bits per heavy atom. The highest BCUT2D eigenvalue weighted by atomic mass is 35.5. The Kier molecular flexibility index (Phi) is 5.42. The fourth-order valence-corrected chi connectivity index (χ4v) is 5.09. The van der Waals surface area contributed by atoms with Crippen LogP contribution in [0.25, 0.3) is 0 Å². The van der Waals surface area contributed by atoms with Crippen LogP contribution in [0.2, 0.25) is 5.02 Å². The third-order valence-corrected chi connectivity index (χ3v) is 7.89. The van der Waals surface area contributed by atoms with E-state index in [1.807, 2.05) is 6.92 Å². The third-order valence-electron chi connectivity index (χ3n) is 4.24. The molecule has 6 nitrogen and oxygen atoms in total. The molecular formula is C14H21ClN2O4S2. The predicted molar refractivity (Wildman–Crippen MR) is 90.6 cm³/mol. The SMILES string of the molecule is Cc1ccc(S(=O)(=O)N2CCC(N(C)S(C)(=O)=O)CC2)cc1Cl. The Bertz CT molecular complexity index is 785. The van der Waals surface area contributed by atoms with Gasteiger partial charge in [-0.25, -0.2) is 21.1 Å². The number of benzene rings is 1. The molecule has 1 fully saturated rings. The summed E-state index contributed by atoms with van der Waals surface area (Å²) in [6.07, 6.45) is 2.11. The molecule has 0 radical (unpaired) electrons. The van der Waals surface area contributed by atoms with Crippen LogP contribution in [0.4, 0.5) is 0 Å². The third kappa shape index (κ3) is 4.06. The molecule has 0 aromatic heterocycles. The van der Waals surface area contributed by atoms with E-state index in [-0.39, 0.29) is 10.9 Å². The first-order valence-electron chi connectivity index (χ1n) is 7.23. The summed E-state index contributed by atoms with van der Waals surface area (Å²) in [6.45, 7) is 2.39. The number of rotatable bonds is 4. The predicted octanol–water partition coefficient (Wildman–Crippen LogP) is 1.69.